The van der Waals surface area contributed by atoms with E-state index in [9.17, 15) is 0 Å². The second-order valence-electron chi connectivity index (χ2n) is 5.59. The summed E-state index contributed by atoms with van der Waals surface area (Å²) in [5, 5.41) is 0. The fraction of sp³-hybridized carbons (Fsp3) is 0.833. The molecule has 1 unspecified atom stereocenters. The smallest absolute Gasteiger partial charge is 0.185 e. The predicted octanol–water partition coefficient (Wildman–Crippen LogP) is 3.04. The molecule has 0 saturated carbocycles. The van der Waals surface area contributed by atoms with Gasteiger partial charge in [-0.25, -0.2) is 0 Å². The Balaban J connectivity index is 3.88. The van der Waals surface area contributed by atoms with Gasteiger partial charge in [0.2, 0.25) is 0 Å². The van der Waals surface area contributed by atoms with Crippen LogP contribution in [0.1, 0.15) is 27.7 Å². The molecule has 0 rings (SSSR count). The molecule has 2 nitrogen and oxygen atoms in total. The molecular weight excluding hydrogens is 204 g/mol. The predicted molar refractivity (Wildman–Crippen MR) is 67.4 cm³/mol. The van der Waals surface area contributed by atoms with E-state index in [0.717, 1.165) is 0 Å². The van der Waals surface area contributed by atoms with E-state index < -0.39 is 8.32 Å². The van der Waals surface area contributed by atoms with Crippen molar-refractivity contribution in [2.24, 2.45) is 0 Å². The van der Waals surface area contributed by atoms with Crippen LogP contribution in [-0.2, 0) is 9.16 Å². The molecule has 3 heteroatoms. The van der Waals surface area contributed by atoms with Gasteiger partial charge in [-0.2, -0.15) is 0 Å². The molecule has 0 radical (unpaired) electrons. The Bertz CT molecular complexity index is 237. The van der Waals surface area contributed by atoms with Crippen LogP contribution in [0.25, 0.3) is 0 Å². The molecule has 88 valence electrons. The molecule has 15 heavy (non-hydrogen) atoms. The summed E-state index contributed by atoms with van der Waals surface area (Å²) in [4.78, 5) is 0. The zero-order chi connectivity index (χ0) is 12.1. The minimum Gasteiger partial charge on any atom is -0.404 e. The van der Waals surface area contributed by atoms with Crippen LogP contribution in [0.3, 0.4) is 0 Å². The van der Waals surface area contributed by atoms with E-state index in [1.54, 1.807) is 0 Å². The van der Waals surface area contributed by atoms with Gasteiger partial charge in [0.05, 0.1) is 5.60 Å². The van der Waals surface area contributed by atoms with Crippen molar-refractivity contribution < 1.29 is 9.16 Å². The van der Waals surface area contributed by atoms with Crippen molar-refractivity contribution in [3.8, 4) is 11.8 Å². The van der Waals surface area contributed by atoms with E-state index in [2.05, 4.69) is 31.5 Å². The molecule has 0 spiro atoms. The van der Waals surface area contributed by atoms with Crippen LogP contribution in [0.2, 0.25) is 19.6 Å². The van der Waals surface area contributed by atoms with Crippen molar-refractivity contribution >= 4 is 8.32 Å². The maximum absolute atomic E-state index is 5.78. The van der Waals surface area contributed by atoms with E-state index in [4.69, 9.17) is 9.16 Å². The summed E-state index contributed by atoms with van der Waals surface area (Å²) in [5.74, 6) is 6.04. The Labute approximate surface area is 95.5 Å². The van der Waals surface area contributed by atoms with Crippen molar-refractivity contribution in [2.75, 3.05) is 6.61 Å². The quantitative estimate of drug-likeness (QED) is 0.546. The first-order valence-corrected chi connectivity index (χ1v) is 8.81. The van der Waals surface area contributed by atoms with E-state index >= 15 is 0 Å². The summed E-state index contributed by atoms with van der Waals surface area (Å²) in [7, 11) is -1.46. The number of hydrogen-bond donors (Lipinski definition) is 0. The van der Waals surface area contributed by atoms with Gasteiger partial charge in [0.15, 0.2) is 8.32 Å². The molecule has 0 fully saturated rings. The van der Waals surface area contributed by atoms with Gasteiger partial charge in [0.1, 0.15) is 12.7 Å². The van der Waals surface area contributed by atoms with Crippen LogP contribution in [0.15, 0.2) is 0 Å². The molecular formula is C12H24O2Si. The lowest BCUT2D eigenvalue weighted by Crippen LogP contribution is -2.29. The summed E-state index contributed by atoms with van der Waals surface area (Å²) in [6.07, 6.45) is 0.0141. The number of hydrogen-bond acceptors (Lipinski definition) is 2. The van der Waals surface area contributed by atoms with Crippen LogP contribution >= 0.6 is 0 Å². The van der Waals surface area contributed by atoms with Gasteiger partial charge in [-0.15, -0.1) is 0 Å². The molecule has 0 aliphatic carbocycles. The van der Waals surface area contributed by atoms with Gasteiger partial charge in [0.25, 0.3) is 0 Å². The summed E-state index contributed by atoms with van der Waals surface area (Å²) in [5.41, 5.74) is -0.114. The van der Waals surface area contributed by atoms with E-state index in [1.165, 1.54) is 0 Å². The van der Waals surface area contributed by atoms with Gasteiger partial charge in [-0.05, 0) is 47.3 Å². The second kappa shape index (κ2) is 5.69. The normalized spacial score (nSPS) is 14.3. The van der Waals surface area contributed by atoms with Crippen molar-refractivity contribution in [1.82, 2.24) is 0 Å². The molecule has 0 heterocycles. The summed E-state index contributed by atoms with van der Waals surface area (Å²) in [6, 6.07) is 0. The Morgan fingerprint density at radius 1 is 1.20 bits per heavy atom. The molecule has 0 aromatic carbocycles. The lowest BCUT2D eigenvalue weighted by atomic mass is 10.2. The van der Waals surface area contributed by atoms with E-state index in [-0.39, 0.29) is 11.7 Å². The average Bonchev–Trinajstić information content (AvgIpc) is 1.92. The van der Waals surface area contributed by atoms with Crippen LogP contribution in [-0.4, -0.2) is 26.6 Å². The fourth-order valence-electron chi connectivity index (χ4n) is 0.998. The minimum atomic E-state index is -1.46. The minimum absolute atomic E-state index is 0.0141. The molecule has 0 N–H and O–H groups in total. The zero-order valence-electron chi connectivity index (χ0n) is 11.1. The molecule has 0 aliphatic rings. The SMILES string of the molecule is CC(C#CCOC(C)(C)C)O[Si](C)(C)C. The highest BCUT2D eigenvalue weighted by Gasteiger charge is 2.16. The third-order valence-electron chi connectivity index (χ3n) is 1.41. The Kier molecular flexibility index (Phi) is 5.58. The average molecular weight is 228 g/mol. The van der Waals surface area contributed by atoms with Crippen LogP contribution in [0, 0.1) is 11.8 Å². The summed E-state index contributed by atoms with van der Waals surface area (Å²) in [6.45, 7) is 15.0. The lowest BCUT2D eigenvalue weighted by Gasteiger charge is -2.20. The maximum atomic E-state index is 5.78. The lowest BCUT2D eigenvalue weighted by molar-refractivity contribution is 0.0180. The van der Waals surface area contributed by atoms with Crippen LogP contribution in [0.4, 0.5) is 0 Å². The van der Waals surface area contributed by atoms with E-state index in [1.807, 2.05) is 27.7 Å². The third kappa shape index (κ3) is 11.6. The van der Waals surface area contributed by atoms with Gasteiger partial charge in [-0.1, -0.05) is 11.8 Å². The molecule has 0 bridgehead atoms. The molecule has 0 amide bonds. The highest BCUT2D eigenvalue weighted by atomic mass is 28.4. The van der Waals surface area contributed by atoms with Crippen molar-refractivity contribution in [3.63, 3.8) is 0 Å². The summed E-state index contributed by atoms with van der Waals surface area (Å²) < 4.78 is 11.3. The number of rotatable bonds is 3. The van der Waals surface area contributed by atoms with Crippen molar-refractivity contribution in [2.45, 2.75) is 59.0 Å². The maximum Gasteiger partial charge on any atom is 0.185 e. The fourth-order valence-corrected chi connectivity index (χ4v) is 2.12. The first-order chi connectivity index (χ1) is 6.60. The van der Waals surface area contributed by atoms with Gasteiger partial charge in [0, 0.05) is 0 Å². The Morgan fingerprint density at radius 2 is 1.73 bits per heavy atom. The summed E-state index contributed by atoms with van der Waals surface area (Å²) >= 11 is 0. The molecule has 0 aliphatic heterocycles. The molecule has 0 saturated heterocycles. The molecule has 0 aromatic rings. The Hall–Kier alpha value is -0.303. The first-order valence-electron chi connectivity index (χ1n) is 5.40. The largest absolute Gasteiger partial charge is 0.404 e. The molecule has 0 aromatic heterocycles. The topological polar surface area (TPSA) is 18.5 Å². The van der Waals surface area contributed by atoms with E-state index in [0.29, 0.717) is 6.61 Å². The number of ether oxygens (including phenoxy) is 1. The zero-order valence-corrected chi connectivity index (χ0v) is 12.1. The third-order valence-corrected chi connectivity index (χ3v) is 2.47. The van der Waals surface area contributed by atoms with Gasteiger partial charge >= 0.3 is 0 Å². The second-order valence-corrected chi connectivity index (χ2v) is 10.1. The Morgan fingerprint density at radius 3 is 2.13 bits per heavy atom. The highest BCUT2D eigenvalue weighted by molar-refractivity contribution is 6.69. The van der Waals surface area contributed by atoms with Crippen molar-refractivity contribution in [1.29, 1.82) is 0 Å². The van der Waals surface area contributed by atoms with Crippen LogP contribution in [0.5, 0.6) is 0 Å². The standard InChI is InChI=1S/C12H24O2Si/c1-11(14-15(5,6)7)9-8-10-13-12(2,3)4/h11H,10H2,1-7H3. The highest BCUT2D eigenvalue weighted by Crippen LogP contribution is 2.07. The van der Waals surface area contributed by atoms with Gasteiger partial charge in [-0.3, -0.25) is 0 Å². The van der Waals surface area contributed by atoms with Gasteiger partial charge < -0.3 is 9.16 Å². The monoisotopic (exact) mass is 228 g/mol. The van der Waals surface area contributed by atoms with Crippen molar-refractivity contribution in [3.05, 3.63) is 0 Å². The molecule has 1 atom stereocenters. The first kappa shape index (κ1) is 14.7. The van der Waals surface area contributed by atoms with Crippen LogP contribution < -0.4 is 0 Å².